The number of nitrogens with zero attached hydrogens (tertiary/aromatic N) is 1. The third-order valence-corrected chi connectivity index (χ3v) is 4.71. The molecule has 1 saturated carbocycles. The molecule has 1 aliphatic carbocycles. The molecule has 3 unspecified atom stereocenters. The van der Waals surface area contributed by atoms with Crippen molar-refractivity contribution in [3.05, 3.63) is 0 Å². The molecule has 0 aromatic carbocycles. The molecule has 2 fully saturated rings. The van der Waals surface area contributed by atoms with E-state index in [4.69, 9.17) is 0 Å². The van der Waals surface area contributed by atoms with Gasteiger partial charge in [-0.05, 0) is 45.2 Å². The van der Waals surface area contributed by atoms with Gasteiger partial charge in [0.25, 0.3) is 0 Å². The molecule has 3 atom stereocenters. The molecule has 1 aliphatic heterocycles. The smallest absolute Gasteiger partial charge is 0.0586 e. The summed E-state index contributed by atoms with van der Waals surface area (Å²) in [5.74, 6) is 0.787. The lowest BCUT2D eigenvalue weighted by Gasteiger charge is -2.31. The number of hydrogen-bond acceptors (Lipinski definition) is 3. The lowest BCUT2D eigenvalue weighted by molar-refractivity contribution is 0.130. The first-order valence-corrected chi connectivity index (χ1v) is 7.37. The van der Waals surface area contributed by atoms with Gasteiger partial charge in [-0.3, -0.25) is 4.90 Å². The highest BCUT2D eigenvalue weighted by atomic mass is 16.3. The Kier molecular flexibility index (Phi) is 5.26. The number of hydrogen-bond donors (Lipinski definition) is 2. The van der Waals surface area contributed by atoms with Crippen LogP contribution in [0.2, 0.25) is 0 Å². The van der Waals surface area contributed by atoms with Gasteiger partial charge >= 0.3 is 0 Å². The van der Waals surface area contributed by atoms with Gasteiger partial charge in [0.05, 0.1) is 6.61 Å². The minimum atomic E-state index is 0.344. The molecule has 1 saturated heterocycles. The highest BCUT2D eigenvalue weighted by Crippen LogP contribution is 2.27. The van der Waals surface area contributed by atoms with E-state index < -0.39 is 0 Å². The van der Waals surface area contributed by atoms with Crippen LogP contribution in [0.3, 0.4) is 0 Å². The van der Waals surface area contributed by atoms with Gasteiger partial charge in [0.1, 0.15) is 0 Å². The average Bonchev–Trinajstić information content (AvgIpc) is 2.67. The lowest BCUT2D eigenvalue weighted by atomic mass is 9.94. The minimum absolute atomic E-state index is 0.344. The fourth-order valence-corrected chi connectivity index (χ4v) is 3.63. The molecule has 3 nitrogen and oxygen atoms in total. The second-order valence-electron chi connectivity index (χ2n) is 5.77. The molecule has 1 heterocycles. The maximum atomic E-state index is 9.39. The summed E-state index contributed by atoms with van der Waals surface area (Å²) in [6.45, 7) is 2.73. The first-order valence-electron chi connectivity index (χ1n) is 7.37. The van der Waals surface area contributed by atoms with E-state index in [2.05, 4.69) is 17.3 Å². The molecule has 0 spiro atoms. The van der Waals surface area contributed by atoms with E-state index in [1.807, 2.05) is 0 Å². The third kappa shape index (κ3) is 3.43. The second kappa shape index (κ2) is 6.72. The molecule has 2 aliphatic rings. The van der Waals surface area contributed by atoms with Gasteiger partial charge in [-0.15, -0.1) is 0 Å². The van der Waals surface area contributed by atoms with Crippen molar-refractivity contribution in [3.63, 3.8) is 0 Å². The van der Waals surface area contributed by atoms with Crippen molar-refractivity contribution >= 4 is 0 Å². The van der Waals surface area contributed by atoms with Gasteiger partial charge in [-0.25, -0.2) is 0 Å². The summed E-state index contributed by atoms with van der Waals surface area (Å²) in [4.78, 5) is 2.53. The van der Waals surface area contributed by atoms with Crippen LogP contribution in [0.1, 0.15) is 44.9 Å². The molecule has 0 radical (unpaired) electrons. The van der Waals surface area contributed by atoms with Gasteiger partial charge in [0, 0.05) is 18.6 Å². The van der Waals surface area contributed by atoms with Crippen molar-refractivity contribution in [2.24, 2.45) is 5.92 Å². The first kappa shape index (κ1) is 13.3. The molecule has 0 bridgehead atoms. The Hall–Kier alpha value is -0.120. The van der Waals surface area contributed by atoms with E-state index in [9.17, 15) is 5.11 Å². The zero-order chi connectivity index (χ0) is 12.1. The molecular weight excluding hydrogens is 212 g/mol. The zero-order valence-electron chi connectivity index (χ0n) is 11.2. The fraction of sp³-hybridized carbons (Fsp3) is 1.00. The number of nitrogens with one attached hydrogen (secondary N) is 1. The highest BCUT2D eigenvalue weighted by molar-refractivity contribution is 4.85. The maximum absolute atomic E-state index is 9.39. The summed E-state index contributed by atoms with van der Waals surface area (Å²) in [6.07, 6.45) is 9.32. The Morgan fingerprint density at radius 1 is 1.12 bits per heavy atom. The monoisotopic (exact) mass is 240 g/mol. The van der Waals surface area contributed by atoms with Crippen molar-refractivity contribution < 1.29 is 5.11 Å². The molecule has 0 aromatic rings. The van der Waals surface area contributed by atoms with E-state index in [1.165, 1.54) is 58.0 Å². The van der Waals surface area contributed by atoms with Gasteiger partial charge in [-0.2, -0.15) is 0 Å². The van der Waals surface area contributed by atoms with Gasteiger partial charge in [0.15, 0.2) is 0 Å². The molecule has 100 valence electrons. The number of aliphatic hydroxyl groups is 1. The lowest BCUT2D eigenvalue weighted by Crippen LogP contribution is -2.43. The van der Waals surface area contributed by atoms with E-state index in [1.54, 1.807) is 0 Å². The maximum Gasteiger partial charge on any atom is 0.0586 e. The topological polar surface area (TPSA) is 35.5 Å². The Balaban J connectivity index is 1.90. The predicted octanol–water partition coefficient (Wildman–Crippen LogP) is 1.61. The van der Waals surface area contributed by atoms with Crippen LogP contribution in [0.15, 0.2) is 0 Å². The summed E-state index contributed by atoms with van der Waals surface area (Å²) in [5, 5.41) is 12.9. The summed E-state index contributed by atoms with van der Waals surface area (Å²) < 4.78 is 0. The molecular formula is C14H28N2O. The van der Waals surface area contributed by atoms with Crippen LogP contribution < -0.4 is 5.32 Å². The van der Waals surface area contributed by atoms with Crippen LogP contribution in [0.25, 0.3) is 0 Å². The number of aliphatic hydroxyl groups excluding tert-OH is 1. The molecule has 0 aromatic heterocycles. The first-order chi connectivity index (χ1) is 8.35. The van der Waals surface area contributed by atoms with E-state index in [-0.39, 0.29) is 0 Å². The van der Waals surface area contributed by atoms with E-state index in [0.717, 1.165) is 5.92 Å². The highest BCUT2D eigenvalue weighted by Gasteiger charge is 2.29. The van der Waals surface area contributed by atoms with Crippen LogP contribution in [-0.2, 0) is 0 Å². The van der Waals surface area contributed by atoms with E-state index in [0.29, 0.717) is 18.7 Å². The van der Waals surface area contributed by atoms with Crippen LogP contribution in [0.5, 0.6) is 0 Å². The van der Waals surface area contributed by atoms with Crippen molar-refractivity contribution in [1.29, 1.82) is 0 Å². The second-order valence-corrected chi connectivity index (χ2v) is 5.77. The largest absolute Gasteiger partial charge is 0.395 e. The Morgan fingerprint density at radius 3 is 2.71 bits per heavy atom. The normalized spacial score (nSPS) is 36.0. The minimum Gasteiger partial charge on any atom is -0.395 e. The third-order valence-electron chi connectivity index (χ3n) is 4.71. The summed E-state index contributed by atoms with van der Waals surface area (Å²) in [6, 6.07) is 1.13. The van der Waals surface area contributed by atoms with Crippen molar-refractivity contribution in [1.82, 2.24) is 10.2 Å². The van der Waals surface area contributed by atoms with Crippen molar-refractivity contribution in [2.45, 2.75) is 57.0 Å². The standard InChI is InChI=1S/C14H28N2O/c1-15-14-8-4-2-3-6-12(14)10-16-9-5-7-13(16)11-17/h12-15,17H,2-11H2,1H3. The van der Waals surface area contributed by atoms with Gasteiger partial charge in [0.2, 0.25) is 0 Å². The SMILES string of the molecule is CNC1CCCCCC1CN1CCCC1CO. The van der Waals surface area contributed by atoms with Crippen LogP contribution >= 0.6 is 0 Å². The van der Waals surface area contributed by atoms with Crippen LogP contribution in [0, 0.1) is 5.92 Å². The van der Waals surface area contributed by atoms with Crippen LogP contribution in [0.4, 0.5) is 0 Å². The Morgan fingerprint density at radius 2 is 1.94 bits per heavy atom. The zero-order valence-corrected chi connectivity index (χ0v) is 11.2. The molecule has 17 heavy (non-hydrogen) atoms. The van der Waals surface area contributed by atoms with Crippen molar-refractivity contribution in [2.75, 3.05) is 26.7 Å². The number of rotatable bonds is 4. The number of likely N-dealkylation sites (tertiary alicyclic amines) is 1. The van der Waals surface area contributed by atoms with Gasteiger partial charge in [-0.1, -0.05) is 19.3 Å². The quantitative estimate of drug-likeness (QED) is 0.733. The molecule has 2 rings (SSSR count). The summed E-state index contributed by atoms with van der Waals surface area (Å²) in [5.41, 5.74) is 0. The average molecular weight is 240 g/mol. The van der Waals surface area contributed by atoms with Gasteiger partial charge < -0.3 is 10.4 Å². The van der Waals surface area contributed by atoms with Crippen molar-refractivity contribution in [3.8, 4) is 0 Å². The van der Waals surface area contributed by atoms with Crippen LogP contribution in [-0.4, -0.2) is 48.8 Å². The summed E-state index contributed by atoms with van der Waals surface area (Å²) in [7, 11) is 2.11. The Labute approximate surface area is 106 Å². The van der Waals surface area contributed by atoms with E-state index >= 15 is 0 Å². The molecule has 3 heteroatoms. The summed E-state index contributed by atoms with van der Waals surface area (Å²) >= 11 is 0. The molecule has 0 amide bonds. The predicted molar refractivity (Wildman–Crippen MR) is 71.1 cm³/mol. The Bertz CT molecular complexity index is 222. The fourth-order valence-electron chi connectivity index (χ4n) is 3.63. The molecule has 2 N–H and O–H groups in total.